The summed E-state index contributed by atoms with van der Waals surface area (Å²) in [6.45, 7) is 0.0340. The lowest BCUT2D eigenvalue weighted by atomic mass is 10.2. The number of ether oxygens (including phenoxy) is 3. The zero-order valence-electron chi connectivity index (χ0n) is 8.45. The van der Waals surface area contributed by atoms with E-state index in [2.05, 4.69) is 9.47 Å². The summed E-state index contributed by atoms with van der Waals surface area (Å²) in [5.41, 5.74) is -0.161. The maximum absolute atomic E-state index is 13.1. The third-order valence-corrected chi connectivity index (χ3v) is 1.69. The lowest BCUT2D eigenvalue weighted by Crippen LogP contribution is -2.06. The number of halogens is 1. The summed E-state index contributed by atoms with van der Waals surface area (Å²) < 4.78 is 27.3. The Morgan fingerprint density at radius 1 is 1.40 bits per heavy atom. The van der Waals surface area contributed by atoms with E-state index in [1.54, 1.807) is 0 Å². The van der Waals surface area contributed by atoms with E-state index in [1.165, 1.54) is 26.4 Å². The summed E-state index contributed by atoms with van der Waals surface area (Å²) in [5, 5.41) is 0. The van der Waals surface area contributed by atoms with Crippen LogP contribution >= 0.6 is 0 Å². The van der Waals surface area contributed by atoms with Gasteiger partial charge in [-0.25, -0.2) is 9.18 Å². The Morgan fingerprint density at radius 2 is 2.13 bits per heavy atom. The number of carbonyl (C=O) groups is 1. The van der Waals surface area contributed by atoms with Gasteiger partial charge in [0.05, 0.1) is 12.7 Å². The molecule has 0 aliphatic heterocycles. The van der Waals surface area contributed by atoms with Crippen molar-refractivity contribution in [1.82, 2.24) is 0 Å². The third kappa shape index (κ3) is 2.92. The van der Waals surface area contributed by atoms with Gasteiger partial charge in [-0.15, -0.1) is 0 Å². The Hall–Kier alpha value is -1.62. The minimum absolute atomic E-state index is 0.0340. The largest absolute Gasteiger partial charge is 0.468 e. The second kappa shape index (κ2) is 5.31. The van der Waals surface area contributed by atoms with Crippen LogP contribution in [0.4, 0.5) is 4.39 Å². The lowest BCUT2D eigenvalue weighted by Gasteiger charge is -2.06. The molecule has 0 spiro atoms. The third-order valence-electron chi connectivity index (χ3n) is 1.69. The maximum atomic E-state index is 13.1. The second-order valence-corrected chi connectivity index (χ2v) is 2.68. The summed E-state index contributed by atoms with van der Waals surface area (Å²) in [6.07, 6.45) is 0. The molecule has 0 radical (unpaired) electrons. The van der Waals surface area contributed by atoms with Crippen LogP contribution in [0, 0.1) is 5.82 Å². The highest BCUT2D eigenvalue weighted by atomic mass is 19.1. The Morgan fingerprint density at radius 3 is 2.73 bits per heavy atom. The molecule has 0 amide bonds. The van der Waals surface area contributed by atoms with Crippen LogP contribution in [0.5, 0.6) is 5.75 Å². The summed E-state index contributed by atoms with van der Waals surface area (Å²) in [5.74, 6) is -1.04. The lowest BCUT2D eigenvalue weighted by molar-refractivity contribution is 0.0502. The predicted octanol–water partition coefficient (Wildman–Crippen LogP) is 1.60. The highest BCUT2D eigenvalue weighted by molar-refractivity contribution is 5.90. The molecule has 4 nitrogen and oxygen atoms in total. The van der Waals surface area contributed by atoms with Gasteiger partial charge in [-0.05, 0) is 18.2 Å². The maximum Gasteiger partial charge on any atom is 0.340 e. The quantitative estimate of drug-likeness (QED) is 0.564. The first kappa shape index (κ1) is 11.5. The Balaban J connectivity index is 2.89. The van der Waals surface area contributed by atoms with Crippen LogP contribution in [0.15, 0.2) is 18.2 Å². The molecule has 5 heteroatoms. The van der Waals surface area contributed by atoms with Crippen molar-refractivity contribution in [2.75, 3.05) is 21.0 Å². The van der Waals surface area contributed by atoms with E-state index in [-0.39, 0.29) is 12.4 Å². The van der Waals surface area contributed by atoms with E-state index in [1.807, 2.05) is 0 Å². The number of esters is 1. The van der Waals surface area contributed by atoms with E-state index in [4.69, 9.17) is 4.74 Å². The normalized spacial score (nSPS) is 9.80. The van der Waals surface area contributed by atoms with E-state index in [0.29, 0.717) is 5.75 Å². The van der Waals surface area contributed by atoms with Gasteiger partial charge in [0.25, 0.3) is 0 Å². The molecule has 0 bridgehead atoms. The minimum Gasteiger partial charge on any atom is -0.468 e. The number of hydrogen-bond donors (Lipinski definition) is 0. The number of benzene rings is 1. The molecule has 15 heavy (non-hydrogen) atoms. The van der Waals surface area contributed by atoms with Gasteiger partial charge in [-0.2, -0.15) is 0 Å². The van der Waals surface area contributed by atoms with Gasteiger partial charge in [0.2, 0.25) is 0 Å². The predicted molar refractivity (Wildman–Crippen MR) is 50.2 cm³/mol. The van der Waals surface area contributed by atoms with Crippen molar-refractivity contribution >= 4 is 5.97 Å². The van der Waals surface area contributed by atoms with Gasteiger partial charge in [0, 0.05) is 7.11 Å². The van der Waals surface area contributed by atoms with E-state index >= 15 is 0 Å². The fourth-order valence-corrected chi connectivity index (χ4v) is 0.988. The Labute approximate surface area is 86.6 Å². The Kier molecular flexibility index (Phi) is 4.05. The van der Waals surface area contributed by atoms with Crippen molar-refractivity contribution in [3.05, 3.63) is 29.6 Å². The Bertz CT molecular complexity index is 351. The molecule has 1 rings (SSSR count). The second-order valence-electron chi connectivity index (χ2n) is 2.68. The molecule has 0 saturated carbocycles. The van der Waals surface area contributed by atoms with Crippen LogP contribution in [0.1, 0.15) is 10.4 Å². The topological polar surface area (TPSA) is 44.8 Å². The first-order valence-electron chi connectivity index (χ1n) is 4.18. The first-order chi connectivity index (χ1) is 7.19. The van der Waals surface area contributed by atoms with Crippen molar-refractivity contribution < 1.29 is 23.4 Å². The van der Waals surface area contributed by atoms with Crippen molar-refractivity contribution in [2.24, 2.45) is 0 Å². The highest BCUT2D eigenvalue weighted by Crippen LogP contribution is 2.17. The number of carbonyl (C=O) groups excluding carboxylic acids is 1. The monoisotopic (exact) mass is 214 g/mol. The molecule has 0 atom stereocenters. The molecular weight excluding hydrogens is 203 g/mol. The zero-order valence-corrected chi connectivity index (χ0v) is 8.45. The summed E-state index contributed by atoms with van der Waals surface area (Å²) in [7, 11) is 2.65. The summed E-state index contributed by atoms with van der Waals surface area (Å²) in [6, 6.07) is 3.80. The average Bonchev–Trinajstić information content (AvgIpc) is 2.27. The van der Waals surface area contributed by atoms with E-state index in [9.17, 15) is 9.18 Å². The zero-order chi connectivity index (χ0) is 11.3. The average molecular weight is 214 g/mol. The number of hydrogen-bond acceptors (Lipinski definition) is 4. The van der Waals surface area contributed by atoms with Crippen molar-refractivity contribution in [2.45, 2.75) is 0 Å². The van der Waals surface area contributed by atoms with Crippen LogP contribution < -0.4 is 4.74 Å². The highest BCUT2D eigenvalue weighted by Gasteiger charge is 2.12. The van der Waals surface area contributed by atoms with Gasteiger partial charge in [-0.1, -0.05) is 0 Å². The molecule has 0 unspecified atom stereocenters. The van der Waals surface area contributed by atoms with Crippen LogP contribution in [0.3, 0.4) is 0 Å². The van der Waals surface area contributed by atoms with E-state index in [0.717, 1.165) is 6.07 Å². The summed E-state index contributed by atoms with van der Waals surface area (Å²) in [4.78, 5) is 11.1. The molecule has 0 aliphatic carbocycles. The van der Waals surface area contributed by atoms with Crippen LogP contribution in [-0.4, -0.2) is 27.0 Å². The molecule has 0 saturated heterocycles. The molecule has 0 aliphatic rings. The molecule has 0 fully saturated rings. The molecule has 0 heterocycles. The fraction of sp³-hybridized carbons (Fsp3) is 0.300. The minimum atomic E-state index is -0.740. The van der Waals surface area contributed by atoms with Gasteiger partial charge in [0.1, 0.15) is 11.6 Å². The van der Waals surface area contributed by atoms with Crippen LogP contribution in [0.25, 0.3) is 0 Å². The molecule has 1 aromatic carbocycles. The standard InChI is InChI=1S/C10H11FO4/c1-13-6-15-7-3-4-9(11)8(5-7)10(12)14-2/h3-5H,6H2,1-2H3. The number of methoxy groups -OCH3 is 2. The van der Waals surface area contributed by atoms with Crippen molar-refractivity contribution in [3.63, 3.8) is 0 Å². The van der Waals surface area contributed by atoms with E-state index < -0.39 is 11.8 Å². The van der Waals surface area contributed by atoms with Gasteiger partial charge >= 0.3 is 5.97 Å². The molecule has 82 valence electrons. The first-order valence-corrected chi connectivity index (χ1v) is 4.18. The molecule has 1 aromatic rings. The SMILES string of the molecule is COCOc1ccc(F)c(C(=O)OC)c1. The van der Waals surface area contributed by atoms with Crippen molar-refractivity contribution in [3.8, 4) is 5.75 Å². The smallest absolute Gasteiger partial charge is 0.340 e. The van der Waals surface area contributed by atoms with Gasteiger partial charge in [0.15, 0.2) is 6.79 Å². The van der Waals surface area contributed by atoms with Crippen molar-refractivity contribution in [1.29, 1.82) is 0 Å². The number of rotatable bonds is 4. The van der Waals surface area contributed by atoms with Gasteiger partial charge in [-0.3, -0.25) is 0 Å². The van der Waals surface area contributed by atoms with Crippen LogP contribution in [0.2, 0.25) is 0 Å². The molecule has 0 aromatic heterocycles. The molecular formula is C10H11FO4. The summed E-state index contributed by atoms with van der Waals surface area (Å²) >= 11 is 0. The van der Waals surface area contributed by atoms with Gasteiger partial charge < -0.3 is 14.2 Å². The molecule has 0 N–H and O–H groups in total. The fourth-order valence-electron chi connectivity index (χ4n) is 0.988. The van der Waals surface area contributed by atoms with Crippen LogP contribution in [-0.2, 0) is 9.47 Å².